The summed E-state index contributed by atoms with van der Waals surface area (Å²) in [6.45, 7) is 4.67. The lowest BCUT2D eigenvalue weighted by molar-refractivity contribution is -0.156. The van der Waals surface area contributed by atoms with Crippen LogP contribution in [0.1, 0.15) is 58.7 Å². The number of allylic oxidation sites excluding steroid dienone is 2. The second kappa shape index (κ2) is 13.1. The molecule has 1 aromatic heterocycles. The van der Waals surface area contributed by atoms with Crippen molar-refractivity contribution in [3.63, 3.8) is 0 Å². The molecule has 36 heavy (non-hydrogen) atoms. The highest BCUT2D eigenvalue weighted by molar-refractivity contribution is 5.95. The summed E-state index contributed by atoms with van der Waals surface area (Å²) < 4.78 is 36.7. The maximum absolute atomic E-state index is 12.8. The van der Waals surface area contributed by atoms with E-state index in [2.05, 4.69) is 39.1 Å². The Morgan fingerprint density at radius 3 is 2.61 bits per heavy atom. The highest BCUT2D eigenvalue weighted by Crippen LogP contribution is 2.30. The molecule has 7 nitrogen and oxygen atoms in total. The van der Waals surface area contributed by atoms with Crippen molar-refractivity contribution in [3.05, 3.63) is 58.7 Å². The van der Waals surface area contributed by atoms with Crippen LogP contribution in [0.4, 0.5) is 13.2 Å². The van der Waals surface area contributed by atoms with Crippen LogP contribution in [-0.2, 0) is 22.4 Å². The first kappa shape index (κ1) is 27.3. The molecule has 1 aromatic carbocycles. The van der Waals surface area contributed by atoms with E-state index in [9.17, 15) is 18.0 Å². The summed E-state index contributed by atoms with van der Waals surface area (Å²) in [5.41, 5.74) is 5.22. The van der Waals surface area contributed by atoms with Crippen LogP contribution in [0.2, 0.25) is 0 Å². The standard InChI is InChI=1S/C24H28N4O2.C2HF3O/c25-16-21-17-26-24(27-21)23(29)15-20-7-6-18(8-9-28-10-12-30-13-11-28)14-22(20)19-4-2-1-3-5-19;3-2(4,5)1-6/h4,6-7,14,17H,1-3,5,8-13,15H2,(H,26,27);1H. The maximum Gasteiger partial charge on any atom is 0.446 e. The molecule has 0 atom stereocenters. The summed E-state index contributed by atoms with van der Waals surface area (Å²) >= 11 is 0. The zero-order valence-electron chi connectivity index (χ0n) is 19.9. The van der Waals surface area contributed by atoms with Gasteiger partial charge in [0.15, 0.2) is 5.82 Å². The average molecular weight is 503 g/mol. The molecule has 1 aliphatic heterocycles. The average Bonchev–Trinajstić information content (AvgIpc) is 3.39. The van der Waals surface area contributed by atoms with Gasteiger partial charge in [-0.1, -0.05) is 24.3 Å². The number of ketones is 1. The van der Waals surface area contributed by atoms with Crippen molar-refractivity contribution in [1.82, 2.24) is 14.9 Å². The third-order valence-electron chi connectivity index (χ3n) is 6.08. The number of benzene rings is 1. The number of H-pyrrole nitrogens is 1. The molecule has 192 valence electrons. The Morgan fingerprint density at radius 2 is 2.00 bits per heavy atom. The van der Waals surface area contributed by atoms with E-state index in [1.54, 1.807) is 0 Å². The van der Waals surface area contributed by atoms with Gasteiger partial charge in [0.1, 0.15) is 11.8 Å². The molecule has 0 radical (unpaired) electrons. The number of aromatic nitrogens is 2. The van der Waals surface area contributed by atoms with Gasteiger partial charge in [-0.05, 0) is 54.4 Å². The number of hydrogen-bond donors (Lipinski definition) is 1. The number of ether oxygens (including phenoxy) is 1. The number of rotatable bonds is 7. The van der Waals surface area contributed by atoms with Crippen LogP contribution < -0.4 is 0 Å². The van der Waals surface area contributed by atoms with E-state index in [-0.39, 0.29) is 18.0 Å². The van der Waals surface area contributed by atoms with Crippen LogP contribution >= 0.6 is 0 Å². The van der Waals surface area contributed by atoms with Gasteiger partial charge in [0, 0.05) is 26.1 Å². The number of imidazole rings is 1. The Kier molecular flexibility index (Phi) is 9.96. The summed E-state index contributed by atoms with van der Waals surface area (Å²) in [5.74, 6) is 0.168. The van der Waals surface area contributed by atoms with Crippen LogP contribution in [0.5, 0.6) is 0 Å². The molecule has 0 bridgehead atoms. The van der Waals surface area contributed by atoms with Crippen molar-refractivity contribution in [3.8, 4) is 6.07 Å². The minimum atomic E-state index is -4.64. The molecule has 1 aliphatic carbocycles. The van der Waals surface area contributed by atoms with Crippen LogP contribution in [0.15, 0.2) is 30.5 Å². The number of aldehydes is 1. The third-order valence-corrected chi connectivity index (χ3v) is 6.08. The second-order valence-electron chi connectivity index (χ2n) is 8.69. The molecule has 4 rings (SSSR count). The van der Waals surface area contributed by atoms with Gasteiger partial charge in [-0.2, -0.15) is 18.4 Å². The first-order chi connectivity index (χ1) is 17.3. The maximum atomic E-state index is 12.8. The van der Waals surface area contributed by atoms with E-state index in [0.717, 1.165) is 57.7 Å². The van der Waals surface area contributed by atoms with E-state index in [1.807, 2.05) is 6.07 Å². The number of hydrogen-bond acceptors (Lipinski definition) is 6. The topological polar surface area (TPSA) is 99.1 Å². The molecule has 1 fully saturated rings. The fraction of sp³-hybridized carbons (Fsp3) is 0.462. The van der Waals surface area contributed by atoms with Gasteiger partial charge in [0.25, 0.3) is 0 Å². The molecule has 10 heteroatoms. The Bertz CT molecular complexity index is 1110. The SMILES string of the molecule is N#Cc1cnc(C(=O)Cc2ccc(CCN3CCOCC3)cc2C2=CCCCC2)[nH]1.O=CC(F)(F)F. The number of nitriles is 1. The smallest absolute Gasteiger partial charge is 0.379 e. The van der Waals surface area contributed by atoms with Gasteiger partial charge >= 0.3 is 6.18 Å². The molecule has 0 amide bonds. The van der Waals surface area contributed by atoms with E-state index in [4.69, 9.17) is 14.8 Å². The summed E-state index contributed by atoms with van der Waals surface area (Å²) in [6, 6.07) is 8.52. The molecule has 0 spiro atoms. The van der Waals surface area contributed by atoms with E-state index in [1.165, 1.54) is 35.7 Å². The molecule has 0 saturated carbocycles. The predicted molar refractivity (Wildman–Crippen MR) is 127 cm³/mol. The lowest BCUT2D eigenvalue weighted by Crippen LogP contribution is -2.37. The normalized spacial score (nSPS) is 16.3. The highest BCUT2D eigenvalue weighted by atomic mass is 19.4. The number of carbonyl (C=O) groups is 2. The van der Waals surface area contributed by atoms with Gasteiger partial charge in [-0.3, -0.25) is 14.5 Å². The van der Waals surface area contributed by atoms with Crippen molar-refractivity contribution in [1.29, 1.82) is 5.26 Å². The molecule has 2 aliphatic rings. The number of carbonyl (C=O) groups excluding carboxylic acids is 2. The Labute approximate surface area is 208 Å². The van der Waals surface area contributed by atoms with Crippen molar-refractivity contribution in [2.75, 3.05) is 32.8 Å². The van der Waals surface area contributed by atoms with Crippen molar-refractivity contribution in [2.45, 2.75) is 44.7 Å². The molecule has 1 saturated heterocycles. The lowest BCUT2D eigenvalue weighted by Gasteiger charge is -2.26. The monoisotopic (exact) mass is 502 g/mol. The predicted octanol–water partition coefficient (Wildman–Crippen LogP) is 4.29. The van der Waals surface area contributed by atoms with Gasteiger partial charge in [0.05, 0.1) is 19.4 Å². The van der Waals surface area contributed by atoms with Crippen LogP contribution in [0.3, 0.4) is 0 Å². The number of alkyl halides is 3. The molecular formula is C26H29F3N4O3. The molecule has 2 aromatic rings. The number of Topliss-reactive ketones (excluding diaryl/α,β-unsaturated/α-hetero) is 1. The fourth-order valence-corrected chi connectivity index (χ4v) is 4.20. The van der Waals surface area contributed by atoms with Crippen LogP contribution in [-0.4, -0.2) is 66.0 Å². The minimum Gasteiger partial charge on any atom is -0.379 e. The fourth-order valence-electron chi connectivity index (χ4n) is 4.20. The summed E-state index contributed by atoms with van der Waals surface area (Å²) in [6.07, 6.45) is 3.92. The number of nitrogens with zero attached hydrogens (tertiary/aromatic N) is 3. The van der Waals surface area contributed by atoms with Crippen molar-refractivity contribution in [2.24, 2.45) is 0 Å². The van der Waals surface area contributed by atoms with Gasteiger partial charge in [-0.25, -0.2) is 4.98 Å². The van der Waals surface area contributed by atoms with Crippen molar-refractivity contribution < 1.29 is 27.5 Å². The Hall–Kier alpha value is -3.29. The zero-order chi connectivity index (χ0) is 26.0. The van der Waals surface area contributed by atoms with Crippen LogP contribution in [0, 0.1) is 11.3 Å². The number of aromatic amines is 1. The highest BCUT2D eigenvalue weighted by Gasteiger charge is 2.25. The third kappa shape index (κ3) is 8.43. The quantitative estimate of drug-likeness (QED) is 0.448. The van der Waals surface area contributed by atoms with Gasteiger partial charge in [0.2, 0.25) is 12.1 Å². The summed E-state index contributed by atoms with van der Waals surface area (Å²) in [5, 5.41) is 8.96. The summed E-state index contributed by atoms with van der Waals surface area (Å²) in [7, 11) is 0. The van der Waals surface area contributed by atoms with E-state index >= 15 is 0 Å². The number of morpholine rings is 1. The first-order valence-corrected chi connectivity index (χ1v) is 11.9. The Morgan fingerprint density at radius 1 is 1.25 bits per heavy atom. The molecule has 1 N–H and O–H groups in total. The summed E-state index contributed by atoms with van der Waals surface area (Å²) in [4.78, 5) is 30.8. The largest absolute Gasteiger partial charge is 0.446 e. The minimum absolute atomic E-state index is 0.0878. The van der Waals surface area contributed by atoms with E-state index in [0.29, 0.717) is 5.69 Å². The number of nitrogens with one attached hydrogen (secondary N) is 1. The van der Waals surface area contributed by atoms with Crippen LogP contribution in [0.25, 0.3) is 5.57 Å². The molecular weight excluding hydrogens is 473 g/mol. The Balaban J connectivity index is 0.000000538. The molecule has 0 unspecified atom stereocenters. The second-order valence-corrected chi connectivity index (χ2v) is 8.69. The number of halogens is 3. The molecule has 2 heterocycles. The first-order valence-electron chi connectivity index (χ1n) is 11.9. The van der Waals surface area contributed by atoms with Gasteiger partial charge < -0.3 is 9.72 Å². The lowest BCUT2D eigenvalue weighted by atomic mass is 9.87. The van der Waals surface area contributed by atoms with E-state index < -0.39 is 12.5 Å². The zero-order valence-corrected chi connectivity index (χ0v) is 19.9. The van der Waals surface area contributed by atoms with Crippen molar-refractivity contribution >= 4 is 17.6 Å². The van der Waals surface area contributed by atoms with Gasteiger partial charge in [-0.15, -0.1) is 0 Å².